The predicted molar refractivity (Wildman–Crippen MR) is 80.9 cm³/mol. The summed E-state index contributed by atoms with van der Waals surface area (Å²) in [5.74, 6) is 2.60. The molecule has 0 spiro atoms. The third-order valence-corrected chi connectivity index (χ3v) is 5.84. The number of amidine groups is 1. The normalized spacial score (nSPS) is 38.0. The monoisotopic (exact) mass is 293 g/mol. The van der Waals surface area contributed by atoms with Crippen molar-refractivity contribution >= 4 is 11.7 Å². The quantitative estimate of drug-likeness (QED) is 0.361. The van der Waals surface area contributed by atoms with Crippen LogP contribution in [0.1, 0.15) is 52.4 Å². The van der Waals surface area contributed by atoms with Gasteiger partial charge in [0.2, 0.25) is 5.91 Å². The fourth-order valence-electron chi connectivity index (χ4n) is 5.37. The lowest BCUT2D eigenvalue weighted by atomic mass is 9.49. The Labute approximate surface area is 126 Å². The Bertz CT molecular complexity index is 423. The topological polar surface area (TPSA) is 78.9 Å². The van der Waals surface area contributed by atoms with E-state index >= 15 is 0 Å². The molecule has 21 heavy (non-hydrogen) atoms. The van der Waals surface area contributed by atoms with Gasteiger partial charge < -0.3 is 15.8 Å². The molecule has 0 atom stereocenters. The van der Waals surface area contributed by atoms with E-state index in [-0.39, 0.29) is 29.7 Å². The van der Waals surface area contributed by atoms with E-state index < -0.39 is 0 Å². The number of carbonyl (C=O) groups is 1. The molecule has 3 N–H and O–H groups in total. The van der Waals surface area contributed by atoms with Gasteiger partial charge in [0.05, 0.1) is 12.0 Å². The lowest BCUT2D eigenvalue weighted by molar-refractivity contribution is -0.158. The summed E-state index contributed by atoms with van der Waals surface area (Å²) >= 11 is 0. The SMILES string of the molecule is CC(C)N(CC(N)=NO)C(=O)C12CC3CC(CC(C3)C1)C2. The molecule has 1 amide bonds. The zero-order chi connectivity index (χ0) is 15.2. The lowest BCUT2D eigenvalue weighted by Crippen LogP contribution is -2.57. The van der Waals surface area contributed by atoms with Crippen LogP contribution in [0.5, 0.6) is 0 Å². The van der Waals surface area contributed by atoms with Gasteiger partial charge in [-0.15, -0.1) is 0 Å². The van der Waals surface area contributed by atoms with E-state index in [0.29, 0.717) is 0 Å². The van der Waals surface area contributed by atoms with E-state index in [1.54, 1.807) is 0 Å². The second-order valence-electron chi connectivity index (χ2n) is 7.82. The summed E-state index contributed by atoms with van der Waals surface area (Å²) in [5, 5.41) is 11.8. The first-order valence-electron chi connectivity index (χ1n) is 8.21. The summed E-state index contributed by atoms with van der Waals surface area (Å²) in [6, 6.07) is 0.0748. The summed E-state index contributed by atoms with van der Waals surface area (Å²) in [4.78, 5) is 15.0. The summed E-state index contributed by atoms with van der Waals surface area (Å²) in [5.41, 5.74) is 5.49. The molecule has 0 radical (unpaired) electrons. The number of hydrogen-bond acceptors (Lipinski definition) is 3. The van der Waals surface area contributed by atoms with E-state index in [2.05, 4.69) is 5.16 Å². The average Bonchev–Trinajstić information content (AvgIpc) is 2.41. The molecule has 118 valence electrons. The molecule has 5 nitrogen and oxygen atoms in total. The second-order valence-corrected chi connectivity index (χ2v) is 7.82. The Kier molecular flexibility index (Phi) is 3.62. The van der Waals surface area contributed by atoms with Gasteiger partial charge >= 0.3 is 0 Å². The van der Waals surface area contributed by atoms with Crippen LogP contribution in [-0.2, 0) is 4.79 Å². The van der Waals surface area contributed by atoms with Gasteiger partial charge in [0.1, 0.15) is 0 Å². The molecule has 0 aromatic heterocycles. The van der Waals surface area contributed by atoms with Crippen LogP contribution in [0.25, 0.3) is 0 Å². The molecule has 0 heterocycles. The third kappa shape index (κ3) is 2.51. The number of nitrogens with two attached hydrogens (primary N) is 1. The molecule has 0 aromatic carbocycles. The van der Waals surface area contributed by atoms with Crippen molar-refractivity contribution < 1.29 is 10.0 Å². The molecule has 0 aliphatic heterocycles. The molecule has 4 saturated carbocycles. The molecule has 0 unspecified atom stereocenters. The highest BCUT2D eigenvalue weighted by atomic mass is 16.4. The van der Waals surface area contributed by atoms with Crippen molar-refractivity contribution in [3.8, 4) is 0 Å². The van der Waals surface area contributed by atoms with Gasteiger partial charge in [-0.05, 0) is 70.1 Å². The zero-order valence-electron chi connectivity index (χ0n) is 13.1. The van der Waals surface area contributed by atoms with E-state index in [1.165, 1.54) is 19.3 Å². The highest BCUT2D eigenvalue weighted by molar-refractivity contribution is 5.90. The number of amides is 1. The first kappa shape index (κ1) is 14.7. The van der Waals surface area contributed by atoms with Crippen LogP contribution in [0.3, 0.4) is 0 Å². The summed E-state index contributed by atoms with van der Waals surface area (Å²) in [6.45, 7) is 4.24. The molecule has 0 aromatic rings. The van der Waals surface area contributed by atoms with E-state index in [4.69, 9.17) is 10.9 Å². The van der Waals surface area contributed by atoms with Crippen LogP contribution in [0.2, 0.25) is 0 Å². The van der Waals surface area contributed by atoms with Crippen molar-refractivity contribution in [2.45, 2.75) is 58.4 Å². The molecule has 4 rings (SSSR count). The van der Waals surface area contributed by atoms with Gasteiger partial charge in [-0.25, -0.2) is 0 Å². The first-order chi connectivity index (χ1) is 9.93. The summed E-state index contributed by atoms with van der Waals surface area (Å²) < 4.78 is 0. The zero-order valence-corrected chi connectivity index (χ0v) is 13.1. The van der Waals surface area contributed by atoms with Gasteiger partial charge in [0.15, 0.2) is 5.84 Å². The van der Waals surface area contributed by atoms with Crippen LogP contribution in [-0.4, -0.2) is 34.4 Å². The molecule has 4 bridgehead atoms. The van der Waals surface area contributed by atoms with Crippen LogP contribution in [0.4, 0.5) is 0 Å². The van der Waals surface area contributed by atoms with Crippen LogP contribution in [0.15, 0.2) is 5.16 Å². The van der Waals surface area contributed by atoms with E-state index in [0.717, 1.165) is 37.0 Å². The molecular weight excluding hydrogens is 266 g/mol. The van der Waals surface area contributed by atoms with Gasteiger partial charge in [0, 0.05) is 6.04 Å². The fraction of sp³-hybridized carbons (Fsp3) is 0.875. The van der Waals surface area contributed by atoms with Gasteiger partial charge in [-0.2, -0.15) is 0 Å². The maximum absolute atomic E-state index is 13.2. The Morgan fingerprint density at radius 3 is 2.10 bits per heavy atom. The number of hydrogen-bond donors (Lipinski definition) is 2. The number of rotatable bonds is 4. The predicted octanol–water partition coefficient (Wildman–Crippen LogP) is 2.19. The Morgan fingerprint density at radius 2 is 1.71 bits per heavy atom. The molecule has 4 aliphatic carbocycles. The van der Waals surface area contributed by atoms with E-state index in [9.17, 15) is 4.79 Å². The number of carbonyl (C=O) groups excluding carboxylic acids is 1. The highest BCUT2D eigenvalue weighted by Crippen LogP contribution is 2.60. The van der Waals surface area contributed by atoms with Crippen LogP contribution < -0.4 is 5.73 Å². The molecule has 4 aliphatic rings. The Balaban J connectivity index is 1.82. The van der Waals surface area contributed by atoms with Crippen LogP contribution in [0, 0.1) is 23.2 Å². The molecule has 4 fully saturated rings. The Hall–Kier alpha value is -1.26. The van der Waals surface area contributed by atoms with Gasteiger partial charge in [-0.3, -0.25) is 4.79 Å². The standard InChI is InChI=1S/C16H27N3O2/c1-10(2)19(9-14(17)18-21)15(20)16-6-11-3-12(7-16)5-13(4-11)8-16/h10-13,21H,3-9H2,1-2H3,(H2,17,18). The minimum Gasteiger partial charge on any atom is -0.409 e. The Morgan fingerprint density at radius 1 is 1.24 bits per heavy atom. The van der Waals surface area contributed by atoms with E-state index in [1.807, 2.05) is 18.7 Å². The molecule has 0 saturated heterocycles. The van der Waals surface area contributed by atoms with Gasteiger partial charge in [0.25, 0.3) is 0 Å². The minimum atomic E-state index is -0.158. The van der Waals surface area contributed by atoms with Crippen molar-refractivity contribution in [1.29, 1.82) is 0 Å². The summed E-state index contributed by atoms with van der Waals surface area (Å²) in [6.07, 6.45) is 7.14. The smallest absolute Gasteiger partial charge is 0.229 e. The fourth-order valence-corrected chi connectivity index (χ4v) is 5.37. The number of oxime groups is 1. The molecular formula is C16H27N3O2. The van der Waals surface area contributed by atoms with Gasteiger partial charge in [-0.1, -0.05) is 5.16 Å². The first-order valence-corrected chi connectivity index (χ1v) is 8.21. The average molecular weight is 293 g/mol. The van der Waals surface area contributed by atoms with Crippen molar-refractivity contribution in [2.24, 2.45) is 34.1 Å². The highest BCUT2D eigenvalue weighted by Gasteiger charge is 2.55. The largest absolute Gasteiger partial charge is 0.409 e. The van der Waals surface area contributed by atoms with Crippen molar-refractivity contribution in [2.75, 3.05) is 6.54 Å². The minimum absolute atomic E-state index is 0.0748. The van der Waals surface area contributed by atoms with Crippen molar-refractivity contribution in [1.82, 2.24) is 4.90 Å². The molecule has 5 heteroatoms. The maximum Gasteiger partial charge on any atom is 0.229 e. The van der Waals surface area contributed by atoms with Crippen LogP contribution >= 0.6 is 0 Å². The van der Waals surface area contributed by atoms with Crippen molar-refractivity contribution in [3.05, 3.63) is 0 Å². The summed E-state index contributed by atoms with van der Waals surface area (Å²) in [7, 11) is 0. The maximum atomic E-state index is 13.2. The third-order valence-electron chi connectivity index (χ3n) is 5.84. The number of nitrogens with zero attached hydrogens (tertiary/aromatic N) is 2. The van der Waals surface area contributed by atoms with Crippen molar-refractivity contribution in [3.63, 3.8) is 0 Å². The lowest BCUT2D eigenvalue weighted by Gasteiger charge is -2.56. The second kappa shape index (κ2) is 5.18.